The second-order valence-electron chi connectivity index (χ2n) is 8.15. The van der Waals surface area contributed by atoms with Gasteiger partial charge in [0.1, 0.15) is 11.0 Å². The lowest BCUT2D eigenvalue weighted by Crippen LogP contribution is -2.24. The summed E-state index contributed by atoms with van der Waals surface area (Å²) in [5.41, 5.74) is 2.07. The van der Waals surface area contributed by atoms with Crippen LogP contribution < -0.4 is 5.69 Å². The first kappa shape index (κ1) is 21.6. The molecule has 2 aromatic heterocycles. The summed E-state index contributed by atoms with van der Waals surface area (Å²) in [6.45, 7) is 0.627. The molecule has 0 bridgehead atoms. The van der Waals surface area contributed by atoms with Gasteiger partial charge in [0.2, 0.25) is 10.0 Å². The number of aryl methyl sites for hydroxylation is 1. The summed E-state index contributed by atoms with van der Waals surface area (Å²) in [7, 11) is 0.904. The van der Waals surface area contributed by atoms with Crippen molar-refractivity contribution in [3.05, 3.63) is 58.8 Å². The summed E-state index contributed by atoms with van der Waals surface area (Å²) in [5, 5.41) is 4.71. The van der Waals surface area contributed by atoms with E-state index in [-0.39, 0.29) is 16.7 Å². The number of nitrogens with zero attached hydrogens (tertiary/aromatic N) is 5. The van der Waals surface area contributed by atoms with Crippen molar-refractivity contribution in [2.75, 3.05) is 20.7 Å². The average Bonchev–Trinajstić information content (AvgIpc) is 3.53. The van der Waals surface area contributed by atoms with Gasteiger partial charge >= 0.3 is 5.69 Å². The van der Waals surface area contributed by atoms with Gasteiger partial charge in [0, 0.05) is 33.3 Å². The van der Waals surface area contributed by atoms with Crippen molar-refractivity contribution in [1.82, 2.24) is 28.6 Å². The molecule has 0 radical (unpaired) electrons. The number of fused-ring (bicyclic) bond motifs is 1. The van der Waals surface area contributed by atoms with Crippen LogP contribution in [0.15, 0.2) is 52.2 Å². The van der Waals surface area contributed by atoms with E-state index in [1.807, 2.05) is 18.2 Å². The topological polar surface area (TPSA) is 115 Å². The molecule has 10 nitrogen and oxygen atoms in total. The van der Waals surface area contributed by atoms with E-state index in [1.54, 1.807) is 31.3 Å². The number of hydrogen-bond acceptors (Lipinski definition) is 6. The van der Waals surface area contributed by atoms with Crippen LogP contribution in [0.1, 0.15) is 24.8 Å². The van der Waals surface area contributed by atoms with Crippen LogP contribution in [0.2, 0.25) is 0 Å². The van der Waals surface area contributed by atoms with Crippen molar-refractivity contribution in [3.63, 3.8) is 0 Å². The van der Waals surface area contributed by atoms with Crippen LogP contribution in [0, 0.1) is 0 Å². The zero-order valence-electron chi connectivity index (χ0n) is 18.5. The van der Waals surface area contributed by atoms with E-state index in [1.165, 1.54) is 27.6 Å². The fraction of sp³-hybridized carbons (Fsp3) is 0.318. The molecular weight excluding hydrogens is 444 g/mol. The van der Waals surface area contributed by atoms with Gasteiger partial charge < -0.3 is 9.72 Å². The highest BCUT2D eigenvalue weighted by Crippen LogP contribution is 2.33. The maximum absolute atomic E-state index is 13.1. The van der Waals surface area contributed by atoms with Gasteiger partial charge in [0.25, 0.3) is 0 Å². The summed E-state index contributed by atoms with van der Waals surface area (Å²) in [6, 6.07) is 12.2. The van der Waals surface area contributed by atoms with E-state index in [2.05, 4.69) is 4.98 Å². The Bertz CT molecular complexity index is 1510. The van der Waals surface area contributed by atoms with E-state index < -0.39 is 10.0 Å². The first-order chi connectivity index (χ1) is 15.8. The molecule has 1 aliphatic heterocycles. The van der Waals surface area contributed by atoms with Gasteiger partial charge in [-0.3, -0.25) is 4.57 Å². The highest BCUT2D eigenvalue weighted by molar-refractivity contribution is 7.89. The van der Waals surface area contributed by atoms with Crippen molar-refractivity contribution in [2.45, 2.75) is 23.8 Å². The number of H-pyrrole nitrogens is 1. The van der Waals surface area contributed by atoms with Crippen molar-refractivity contribution in [2.24, 2.45) is 7.05 Å². The highest BCUT2D eigenvalue weighted by Gasteiger charge is 2.29. The monoisotopic (exact) mass is 468 g/mol. The van der Waals surface area contributed by atoms with Crippen LogP contribution in [0.3, 0.4) is 0 Å². The quantitative estimate of drug-likeness (QED) is 0.480. The Morgan fingerprint density at radius 2 is 1.94 bits per heavy atom. The smallest absolute Gasteiger partial charge is 0.326 e. The lowest BCUT2D eigenvalue weighted by atomic mass is 10.1. The maximum Gasteiger partial charge on any atom is 0.326 e. The highest BCUT2D eigenvalue weighted by atomic mass is 32.2. The van der Waals surface area contributed by atoms with Gasteiger partial charge in [0.05, 0.1) is 16.7 Å². The predicted octanol–water partition coefficient (Wildman–Crippen LogP) is 2.22. The number of aromatic amines is 1. The fourth-order valence-electron chi connectivity index (χ4n) is 4.07. The van der Waals surface area contributed by atoms with Gasteiger partial charge in [-0.25, -0.2) is 27.2 Å². The zero-order chi connectivity index (χ0) is 23.3. The van der Waals surface area contributed by atoms with E-state index in [0.29, 0.717) is 40.5 Å². The summed E-state index contributed by atoms with van der Waals surface area (Å²) >= 11 is 0. The molecule has 1 N–H and O–H groups in total. The molecule has 3 heterocycles. The number of imidazole rings is 1. The van der Waals surface area contributed by atoms with E-state index >= 15 is 0 Å². The minimum atomic E-state index is -3.76. The first-order valence-electron chi connectivity index (χ1n) is 10.6. The SMILES string of the molecule is CN(C)S(=O)(=O)c1ccccc1-n1nc(C2CCCO2)nc1-c1cccc2c1[nH]c(=O)n2C. The summed E-state index contributed by atoms with van der Waals surface area (Å²) in [6.07, 6.45) is 1.42. The lowest BCUT2D eigenvalue weighted by Gasteiger charge is -2.16. The third-order valence-electron chi connectivity index (χ3n) is 5.87. The Kier molecular flexibility index (Phi) is 5.19. The molecule has 1 aliphatic rings. The molecule has 33 heavy (non-hydrogen) atoms. The molecule has 5 rings (SSSR count). The normalized spacial score (nSPS) is 16.8. The fourth-order valence-corrected chi connectivity index (χ4v) is 5.14. The average molecular weight is 469 g/mol. The Hall–Kier alpha value is -3.28. The number of aromatic nitrogens is 5. The standard InChI is InChI=1S/C22H24N6O4S/c1-26(2)33(30,31)18-12-5-4-9-15(18)28-21(24-20(25-28)17-11-7-13-32-17)14-8-6-10-16-19(14)23-22(29)27(16)3/h4-6,8-10,12,17H,7,11,13H2,1-3H3,(H,23,29). The van der Waals surface area contributed by atoms with Crippen LogP contribution >= 0.6 is 0 Å². The molecule has 0 aliphatic carbocycles. The summed E-state index contributed by atoms with van der Waals surface area (Å²) < 4.78 is 36.2. The Labute approximate surface area is 190 Å². The van der Waals surface area contributed by atoms with E-state index in [4.69, 9.17) is 14.8 Å². The van der Waals surface area contributed by atoms with Gasteiger partial charge in [-0.05, 0) is 37.1 Å². The molecule has 0 saturated carbocycles. The summed E-state index contributed by atoms with van der Waals surface area (Å²) in [5.74, 6) is 0.907. The Morgan fingerprint density at radius 1 is 1.15 bits per heavy atom. The van der Waals surface area contributed by atoms with Crippen molar-refractivity contribution >= 4 is 21.1 Å². The molecule has 4 aromatic rings. The number of benzene rings is 2. The predicted molar refractivity (Wildman–Crippen MR) is 123 cm³/mol. The number of ether oxygens (including phenoxy) is 1. The Morgan fingerprint density at radius 3 is 2.67 bits per heavy atom. The molecule has 1 fully saturated rings. The van der Waals surface area contributed by atoms with Gasteiger partial charge in [-0.2, -0.15) is 0 Å². The number of sulfonamides is 1. The van der Waals surface area contributed by atoms with E-state index in [9.17, 15) is 13.2 Å². The second kappa shape index (κ2) is 7.94. The van der Waals surface area contributed by atoms with Gasteiger partial charge in [0.15, 0.2) is 11.6 Å². The molecule has 1 atom stereocenters. The number of nitrogens with one attached hydrogen (secondary N) is 1. The van der Waals surface area contributed by atoms with Crippen LogP contribution in [-0.4, -0.2) is 57.7 Å². The first-order valence-corrected chi connectivity index (χ1v) is 12.0. The lowest BCUT2D eigenvalue weighted by molar-refractivity contribution is 0.105. The molecule has 1 saturated heterocycles. The van der Waals surface area contributed by atoms with Crippen LogP contribution in [0.4, 0.5) is 0 Å². The second-order valence-corrected chi connectivity index (χ2v) is 10.3. The maximum atomic E-state index is 13.1. The third kappa shape index (κ3) is 3.48. The summed E-state index contributed by atoms with van der Waals surface area (Å²) in [4.78, 5) is 20.1. The van der Waals surface area contributed by atoms with Crippen molar-refractivity contribution in [3.8, 4) is 17.1 Å². The largest absolute Gasteiger partial charge is 0.370 e. The zero-order valence-corrected chi connectivity index (χ0v) is 19.3. The minimum absolute atomic E-state index is 0.105. The molecule has 11 heteroatoms. The minimum Gasteiger partial charge on any atom is -0.370 e. The van der Waals surface area contributed by atoms with Gasteiger partial charge in [-0.1, -0.05) is 18.2 Å². The third-order valence-corrected chi connectivity index (χ3v) is 7.74. The Balaban J connectivity index is 1.81. The number of hydrogen-bond donors (Lipinski definition) is 1. The molecular formula is C22H24N6O4S. The van der Waals surface area contributed by atoms with Crippen LogP contribution in [-0.2, 0) is 21.8 Å². The van der Waals surface area contributed by atoms with Crippen molar-refractivity contribution < 1.29 is 13.2 Å². The molecule has 0 spiro atoms. The molecule has 1 unspecified atom stereocenters. The molecule has 2 aromatic carbocycles. The van der Waals surface area contributed by atoms with Gasteiger partial charge in [-0.15, -0.1) is 5.10 Å². The van der Waals surface area contributed by atoms with Crippen molar-refractivity contribution in [1.29, 1.82) is 0 Å². The van der Waals surface area contributed by atoms with E-state index in [0.717, 1.165) is 12.8 Å². The van der Waals surface area contributed by atoms with Crippen LogP contribution in [0.5, 0.6) is 0 Å². The van der Waals surface area contributed by atoms with Crippen LogP contribution in [0.25, 0.3) is 28.1 Å². The molecule has 0 amide bonds. The molecule has 172 valence electrons. The number of para-hydroxylation sites is 2. The number of rotatable bonds is 5.